The summed E-state index contributed by atoms with van der Waals surface area (Å²) in [6.45, 7) is 2.73. The van der Waals surface area contributed by atoms with Crippen molar-refractivity contribution >= 4 is 0 Å². The molecule has 3 rings (SSSR count). The van der Waals surface area contributed by atoms with Gasteiger partial charge in [0.25, 0.3) is 0 Å². The molecule has 2 saturated carbocycles. The number of likely N-dealkylation sites (tertiary alicyclic amines) is 1. The highest BCUT2D eigenvalue weighted by atomic mass is 15.2. The molecular weight excluding hydrogens is 196 g/mol. The van der Waals surface area contributed by atoms with E-state index in [9.17, 15) is 0 Å². The lowest BCUT2D eigenvalue weighted by atomic mass is 9.67. The number of nitrogens with zero attached hydrogens (tertiary/aromatic N) is 1. The quantitative estimate of drug-likeness (QED) is 0.738. The van der Waals surface area contributed by atoms with Crippen LogP contribution in [-0.2, 0) is 0 Å². The van der Waals surface area contributed by atoms with Crippen LogP contribution in [0.3, 0.4) is 0 Å². The summed E-state index contributed by atoms with van der Waals surface area (Å²) in [5.74, 6) is 0. The molecule has 0 radical (unpaired) electrons. The monoisotopic (exact) mass is 222 g/mol. The van der Waals surface area contributed by atoms with Gasteiger partial charge in [-0.25, -0.2) is 0 Å². The molecule has 92 valence electrons. The molecule has 2 atom stereocenters. The Labute approximate surface area is 99.6 Å². The Morgan fingerprint density at radius 1 is 0.875 bits per heavy atom. The Morgan fingerprint density at radius 3 is 2.25 bits per heavy atom. The van der Waals surface area contributed by atoms with Crippen molar-refractivity contribution in [2.75, 3.05) is 13.1 Å². The maximum absolute atomic E-state index is 6.27. The average Bonchev–Trinajstić information content (AvgIpc) is 2.28. The Balaban J connectivity index is 1.55. The minimum absolute atomic E-state index is 0.467. The second-order valence-electron chi connectivity index (χ2n) is 6.48. The average molecular weight is 222 g/mol. The summed E-state index contributed by atoms with van der Waals surface area (Å²) in [6, 6.07) is 1.19. The van der Waals surface area contributed by atoms with E-state index in [0.29, 0.717) is 6.04 Å². The van der Waals surface area contributed by atoms with Gasteiger partial charge in [-0.2, -0.15) is 0 Å². The first-order valence-electron chi connectivity index (χ1n) is 7.29. The van der Waals surface area contributed by atoms with Gasteiger partial charge in [0.15, 0.2) is 0 Å². The highest BCUT2D eigenvalue weighted by molar-refractivity contribution is 5.01. The van der Waals surface area contributed by atoms with E-state index in [1.54, 1.807) is 0 Å². The third-order valence-electron chi connectivity index (χ3n) is 5.24. The Hall–Kier alpha value is -0.0800. The van der Waals surface area contributed by atoms with Crippen molar-refractivity contribution < 1.29 is 0 Å². The van der Waals surface area contributed by atoms with E-state index in [-0.39, 0.29) is 0 Å². The molecule has 3 fully saturated rings. The lowest BCUT2D eigenvalue weighted by molar-refractivity contribution is -0.0672. The summed E-state index contributed by atoms with van der Waals surface area (Å²) in [6.07, 6.45) is 12.8. The Kier molecular flexibility index (Phi) is 2.97. The predicted octanol–water partition coefficient (Wildman–Crippen LogP) is 2.52. The van der Waals surface area contributed by atoms with Gasteiger partial charge in [-0.1, -0.05) is 32.1 Å². The maximum atomic E-state index is 6.27. The van der Waals surface area contributed by atoms with E-state index in [4.69, 9.17) is 5.73 Å². The lowest BCUT2D eigenvalue weighted by Crippen LogP contribution is -2.64. The molecule has 1 saturated heterocycles. The van der Waals surface area contributed by atoms with E-state index in [1.165, 1.54) is 70.9 Å². The molecule has 0 bridgehead atoms. The minimum Gasteiger partial charge on any atom is -0.326 e. The third kappa shape index (κ3) is 1.91. The minimum atomic E-state index is 0.467. The largest absolute Gasteiger partial charge is 0.326 e. The first-order chi connectivity index (χ1) is 7.79. The molecule has 2 heteroatoms. The zero-order valence-electron chi connectivity index (χ0n) is 10.5. The van der Waals surface area contributed by atoms with Gasteiger partial charge in [-0.3, -0.25) is 4.90 Å². The molecular formula is C14H26N2. The van der Waals surface area contributed by atoms with Crippen molar-refractivity contribution in [3.05, 3.63) is 0 Å². The van der Waals surface area contributed by atoms with Crippen LogP contribution in [-0.4, -0.2) is 30.1 Å². The fourth-order valence-electron chi connectivity index (χ4n) is 4.26. The van der Waals surface area contributed by atoms with Crippen LogP contribution < -0.4 is 5.73 Å². The first-order valence-corrected chi connectivity index (χ1v) is 7.29. The van der Waals surface area contributed by atoms with Crippen LogP contribution in [0.15, 0.2) is 0 Å². The molecule has 0 aromatic carbocycles. The first kappa shape index (κ1) is 11.0. The van der Waals surface area contributed by atoms with Crippen molar-refractivity contribution in [2.45, 2.75) is 69.9 Å². The molecule has 0 aromatic heterocycles. The van der Waals surface area contributed by atoms with Gasteiger partial charge in [-0.15, -0.1) is 0 Å². The van der Waals surface area contributed by atoms with Crippen molar-refractivity contribution in [3.63, 3.8) is 0 Å². The van der Waals surface area contributed by atoms with Gasteiger partial charge in [0.2, 0.25) is 0 Å². The molecule has 0 aromatic rings. The summed E-state index contributed by atoms with van der Waals surface area (Å²) < 4.78 is 0. The van der Waals surface area contributed by atoms with Crippen LogP contribution in [0.2, 0.25) is 0 Å². The van der Waals surface area contributed by atoms with Gasteiger partial charge >= 0.3 is 0 Å². The fraction of sp³-hybridized carbons (Fsp3) is 1.00. The molecule has 16 heavy (non-hydrogen) atoms. The van der Waals surface area contributed by atoms with Gasteiger partial charge in [-0.05, 0) is 31.1 Å². The third-order valence-corrected chi connectivity index (χ3v) is 5.24. The second kappa shape index (κ2) is 4.30. The van der Waals surface area contributed by atoms with Crippen molar-refractivity contribution in [1.82, 2.24) is 4.90 Å². The standard InChI is InChI=1S/C14H26N2/c15-12-6-2-3-7-13(12)16-10-14(11-16)8-4-1-5-9-14/h12-13H,1-11,15H2. The SMILES string of the molecule is NC1CCCCC1N1CC2(CCCCC2)C1. The normalized spacial score (nSPS) is 39.6. The number of rotatable bonds is 1. The zero-order chi connectivity index (χ0) is 11.0. The summed E-state index contributed by atoms with van der Waals surface area (Å²) in [7, 11) is 0. The van der Waals surface area contributed by atoms with Crippen molar-refractivity contribution in [2.24, 2.45) is 11.1 Å². The molecule has 1 heterocycles. The summed E-state index contributed by atoms with van der Waals surface area (Å²) in [4.78, 5) is 2.70. The zero-order valence-corrected chi connectivity index (χ0v) is 10.5. The van der Waals surface area contributed by atoms with Crippen molar-refractivity contribution in [3.8, 4) is 0 Å². The maximum Gasteiger partial charge on any atom is 0.0247 e. The molecule has 2 N–H and O–H groups in total. The smallest absolute Gasteiger partial charge is 0.0247 e. The van der Waals surface area contributed by atoms with Gasteiger partial charge in [0.05, 0.1) is 0 Å². The molecule has 3 aliphatic rings. The molecule has 0 amide bonds. The second-order valence-corrected chi connectivity index (χ2v) is 6.48. The molecule has 2 nitrogen and oxygen atoms in total. The van der Waals surface area contributed by atoms with E-state index in [1.807, 2.05) is 0 Å². The number of hydrogen-bond donors (Lipinski definition) is 1. The summed E-state index contributed by atoms with van der Waals surface area (Å²) in [5.41, 5.74) is 7.00. The van der Waals surface area contributed by atoms with Crippen LogP contribution in [0.1, 0.15) is 57.8 Å². The van der Waals surface area contributed by atoms with Gasteiger partial charge in [0, 0.05) is 25.2 Å². The van der Waals surface area contributed by atoms with Crippen LogP contribution in [0.25, 0.3) is 0 Å². The van der Waals surface area contributed by atoms with Crippen LogP contribution in [0.5, 0.6) is 0 Å². The van der Waals surface area contributed by atoms with E-state index in [0.717, 1.165) is 11.5 Å². The van der Waals surface area contributed by atoms with Gasteiger partial charge in [0.1, 0.15) is 0 Å². The van der Waals surface area contributed by atoms with Crippen molar-refractivity contribution in [1.29, 1.82) is 0 Å². The topological polar surface area (TPSA) is 29.3 Å². The Bertz CT molecular complexity index is 237. The number of hydrogen-bond acceptors (Lipinski definition) is 2. The van der Waals surface area contributed by atoms with Crippen LogP contribution in [0, 0.1) is 5.41 Å². The summed E-state index contributed by atoms with van der Waals surface area (Å²) >= 11 is 0. The molecule has 2 aliphatic carbocycles. The number of nitrogens with two attached hydrogens (primary N) is 1. The molecule has 1 spiro atoms. The van der Waals surface area contributed by atoms with Crippen LogP contribution >= 0.6 is 0 Å². The fourth-order valence-corrected chi connectivity index (χ4v) is 4.26. The van der Waals surface area contributed by atoms with Crippen LogP contribution in [0.4, 0.5) is 0 Å². The molecule has 2 unspecified atom stereocenters. The highest BCUT2D eigenvalue weighted by Crippen LogP contribution is 2.45. The summed E-state index contributed by atoms with van der Waals surface area (Å²) in [5, 5.41) is 0. The lowest BCUT2D eigenvalue weighted by Gasteiger charge is -2.57. The van der Waals surface area contributed by atoms with Gasteiger partial charge < -0.3 is 5.73 Å². The molecule has 1 aliphatic heterocycles. The van der Waals surface area contributed by atoms with E-state index in [2.05, 4.69) is 4.90 Å². The van der Waals surface area contributed by atoms with E-state index >= 15 is 0 Å². The van der Waals surface area contributed by atoms with E-state index < -0.39 is 0 Å². The Morgan fingerprint density at radius 2 is 1.56 bits per heavy atom. The predicted molar refractivity (Wildman–Crippen MR) is 67.3 cm³/mol. The highest BCUT2D eigenvalue weighted by Gasteiger charge is 2.46.